The average molecular weight is 274 g/mol. The predicted octanol–water partition coefficient (Wildman–Crippen LogP) is 1.17. The van der Waals surface area contributed by atoms with Crippen LogP contribution in [-0.2, 0) is 19.4 Å². The van der Waals surface area contributed by atoms with E-state index in [4.69, 9.17) is 0 Å². The van der Waals surface area contributed by atoms with E-state index in [2.05, 4.69) is 10.1 Å². The molecule has 0 saturated carbocycles. The van der Waals surface area contributed by atoms with Crippen molar-refractivity contribution in [1.82, 2.24) is 14.8 Å². The third-order valence-corrected chi connectivity index (χ3v) is 3.47. The lowest BCUT2D eigenvalue weighted by Crippen LogP contribution is -2.31. The summed E-state index contributed by atoms with van der Waals surface area (Å²) >= 11 is 0. The molecule has 0 saturated heterocycles. The summed E-state index contributed by atoms with van der Waals surface area (Å²) in [5.74, 6) is 1.70. The van der Waals surface area contributed by atoms with Crippen molar-refractivity contribution in [3.8, 4) is 5.75 Å². The number of aryl methyl sites for hydroxylation is 1. The van der Waals surface area contributed by atoms with Gasteiger partial charge in [0.2, 0.25) is 6.04 Å². The summed E-state index contributed by atoms with van der Waals surface area (Å²) in [6, 6.07) is 6.30. The Balaban J connectivity index is 1.77. The molecule has 104 valence electrons. The van der Waals surface area contributed by atoms with Crippen LogP contribution in [0.3, 0.4) is 0 Å². The van der Waals surface area contributed by atoms with Crippen LogP contribution in [0, 0.1) is 10.1 Å². The van der Waals surface area contributed by atoms with Gasteiger partial charge in [0.05, 0.1) is 0 Å². The number of phenolic OH excluding ortho intramolecular Hbond substituents is 1. The molecule has 20 heavy (non-hydrogen) atoms. The van der Waals surface area contributed by atoms with Crippen molar-refractivity contribution in [3.63, 3.8) is 0 Å². The van der Waals surface area contributed by atoms with Gasteiger partial charge in [-0.2, -0.15) is 5.10 Å². The maximum absolute atomic E-state index is 10.8. The van der Waals surface area contributed by atoms with Crippen molar-refractivity contribution in [2.45, 2.75) is 31.8 Å². The van der Waals surface area contributed by atoms with Crippen LogP contribution < -0.4 is 0 Å². The highest BCUT2D eigenvalue weighted by molar-refractivity contribution is 5.27. The first-order valence-electron chi connectivity index (χ1n) is 6.46. The van der Waals surface area contributed by atoms with Crippen molar-refractivity contribution >= 4 is 0 Å². The van der Waals surface area contributed by atoms with Crippen molar-refractivity contribution in [3.05, 3.63) is 51.6 Å². The maximum atomic E-state index is 10.8. The van der Waals surface area contributed by atoms with Gasteiger partial charge in [-0.15, -0.1) is 0 Å². The van der Waals surface area contributed by atoms with Crippen LogP contribution in [0.15, 0.2) is 24.3 Å². The van der Waals surface area contributed by atoms with Crippen LogP contribution >= 0.6 is 0 Å². The van der Waals surface area contributed by atoms with E-state index in [1.54, 1.807) is 16.8 Å². The van der Waals surface area contributed by atoms with E-state index >= 15 is 0 Å². The number of phenols is 1. The molecule has 1 unspecified atom stereocenters. The van der Waals surface area contributed by atoms with Gasteiger partial charge in [-0.3, -0.25) is 10.1 Å². The van der Waals surface area contributed by atoms with Crippen LogP contribution in [0.1, 0.15) is 23.6 Å². The lowest BCUT2D eigenvalue weighted by molar-refractivity contribution is -0.527. The van der Waals surface area contributed by atoms with Crippen LogP contribution in [0.5, 0.6) is 5.75 Å². The Bertz CT molecular complexity index is 636. The summed E-state index contributed by atoms with van der Waals surface area (Å²) in [6.45, 7) is 0.297. The lowest BCUT2D eigenvalue weighted by atomic mass is 10.1. The molecule has 1 aromatic carbocycles. The maximum Gasteiger partial charge on any atom is 0.232 e. The average Bonchev–Trinajstić information content (AvgIpc) is 2.82. The van der Waals surface area contributed by atoms with E-state index in [-0.39, 0.29) is 10.7 Å². The molecular formula is C13H14N4O3. The number of aromatic nitrogens is 3. The Morgan fingerprint density at radius 1 is 1.40 bits per heavy atom. The summed E-state index contributed by atoms with van der Waals surface area (Å²) in [5, 5.41) is 24.4. The number of aromatic hydroxyl groups is 1. The molecule has 1 aliphatic rings. The molecule has 7 heteroatoms. The Labute approximate surface area is 115 Å². The van der Waals surface area contributed by atoms with E-state index in [0.29, 0.717) is 31.6 Å². The van der Waals surface area contributed by atoms with Gasteiger partial charge in [0.25, 0.3) is 0 Å². The zero-order valence-corrected chi connectivity index (χ0v) is 10.8. The summed E-state index contributed by atoms with van der Waals surface area (Å²) in [6.07, 6.45) is 1.67. The van der Waals surface area contributed by atoms with Gasteiger partial charge in [0.15, 0.2) is 5.82 Å². The molecule has 0 amide bonds. The molecule has 1 atom stereocenters. The second-order valence-electron chi connectivity index (χ2n) is 4.95. The monoisotopic (exact) mass is 274 g/mol. The van der Waals surface area contributed by atoms with Crippen molar-refractivity contribution in [2.24, 2.45) is 0 Å². The predicted molar refractivity (Wildman–Crippen MR) is 70.0 cm³/mol. The SMILES string of the molecule is O=[N+]([O-])C1CCc2nc(Cc3ccc(O)cc3)nn2C1. The first kappa shape index (κ1) is 12.6. The topological polar surface area (TPSA) is 94.1 Å². The molecule has 2 heterocycles. The first-order valence-corrected chi connectivity index (χ1v) is 6.46. The quantitative estimate of drug-likeness (QED) is 0.669. The van der Waals surface area contributed by atoms with Gasteiger partial charge in [0, 0.05) is 24.2 Å². The smallest absolute Gasteiger partial charge is 0.232 e. The molecule has 7 nitrogen and oxygen atoms in total. The van der Waals surface area contributed by atoms with Crippen molar-refractivity contribution < 1.29 is 10.0 Å². The molecule has 0 fully saturated rings. The van der Waals surface area contributed by atoms with Gasteiger partial charge >= 0.3 is 0 Å². The van der Waals surface area contributed by atoms with Crippen LogP contribution in [0.2, 0.25) is 0 Å². The van der Waals surface area contributed by atoms with Crippen LogP contribution in [0.4, 0.5) is 0 Å². The van der Waals surface area contributed by atoms with E-state index < -0.39 is 6.04 Å². The fourth-order valence-electron chi connectivity index (χ4n) is 2.39. The van der Waals surface area contributed by atoms with Gasteiger partial charge in [-0.05, 0) is 17.7 Å². The molecule has 2 aromatic rings. The van der Waals surface area contributed by atoms with Crippen LogP contribution in [0.25, 0.3) is 0 Å². The number of hydrogen-bond donors (Lipinski definition) is 1. The summed E-state index contributed by atoms with van der Waals surface area (Å²) in [5.41, 5.74) is 0.997. The lowest BCUT2D eigenvalue weighted by Gasteiger charge is -2.15. The number of fused-ring (bicyclic) bond motifs is 1. The minimum absolute atomic E-state index is 0.222. The van der Waals surface area contributed by atoms with E-state index in [9.17, 15) is 15.2 Å². The van der Waals surface area contributed by atoms with Crippen LogP contribution in [-0.4, -0.2) is 30.8 Å². The minimum Gasteiger partial charge on any atom is -0.508 e. The van der Waals surface area contributed by atoms with Gasteiger partial charge in [-0.1, -0.05) is 12.1 Å². The molecule has 1 aliphatic heterocycles. The number of nitrogens with zero attached hydrogens (tertiary/aromatic N) is 4. The third kappa shape index (κ3) is 2.47. The fraction of sp³-hybridized carbons (Fsp3) is 0.385. The number of hydrogen-bond acceptors (Lipinski definition) is 5. The van der Waals surface area contributed by atoms with E-state index in [1.165, 1.54) is 0 Å². The number of benzene rings is 1. The van der Waals surface area contributed by atoms with Gasteiger partial charge in [0.1, 0.15) is 18.1 Å². The standard InChI is InChI=1S/C13H14N4O3/c18-11-4-1-9(2-5-11)7-12-14-13-6-3-10(17(19)20)8-16(13)15-12/h1-2,4-5,10,18H,3,6-8H2. The van der Waals surface area contributed by atoms with Crippen molar-refractivity contribution in [2.75, 3.05) is 0 Å². The molecule has 3 rings (SSSR count). The van der Waals surface area contributed by atoms with Crippen molar-refractivity contribution in [1.29, 1.82) is 0 Å². The fourth-order valence-corrected chi connectivity index (χ4v) is 2.39. The number of nitro groups is 1. The first-order chi connectivity index (χ1) is 9.61. The highest BCUT2D eigenvalue weighted by Gasteiger charge is 2.28. The zero-order valence-electron chi connectivity index (χ0n) is 10.8. The normalized spacial score (nSPS) is 17.7. The largest absolute Gasteiger partial charge is 0.508 e. The van der Waals surface area contributed by atoms with Gasteiger partial charge in [-0.25, -0.2) is 9.67 Å². The second kappa shape index (κ2) is 4.92. The molecule has 1 N–H and O–H groups in total. The molecule has 1 aromatic heterocycles. The zero-order chi connectivity index (χ0) is 14.1. The van der Waals surface area contributed by atoms with E-state index in [0.717, 1.165) is 11.4 Å². The Morgan fingerprint density at radius 2 is 2.15 bits per heavy atom. The van der Waals surface area contributed by atoms with E-state index in [1.807, 2.05) is 12.1 Å². The van der Waals surface area contributed by atoms with Gasteiger partial charge < -0.3 is 5.11 Å². The Kier molecular flexibility index (Phi) is 3.09. The molecular weight excluding hydrogens is 260 g/mol. The Morgan fingerprint density at radius 3 is 2.85 bits per heavy atom. The Hall–Kier alpha value is -2.44. The molecule has 0 spiro atoms. The highest BCUT2D eigenvalue weighted by Crippen LogP contribution is 2.17. The summed E-state index contributed by atoms with van der Waals surface area (Å²) in [4.78, 5) is 15.0. The second-order valence-corrected chi connectivity index (χ2v) is 4.95. The third-order valence-electron chi connectivity index (χ3n) is 3.47. The molecule has 0 radical (unpaired) electrons. The molecule has 0 bridgehead atoms. The molecule has 0 aliphatic carbocycles. The number of rotatable bonds is 3. The summed E-state index contributed by atoms with van der Waals surface area (Å²) in [7, 11) is 0. The summed E-state index contributed by atoms with van der Waals surface area (Å²) < 4.78 is 1.65. The highest BCUT2D eigenvalue weighted by atomic mass is 16.6. The minimum atomic E-state index is -0.564.